The quantitative estimate of drug-likeness (QED) is 0.448. The molecule has 0 aliphatic heterocycles. The number of nitrogens with one attached hydrogen (secondary N) is 3. The van der Waals surface area contributed by atoms with Crippen molar-refractivity contribution in [3.63, 3.8) is 0 Å². The van der Waals surface area contributed by atoms with Crippen molar-refractivity contribution in [3.8, 4) is 11.1 Å². The molecular formula is C17H22N6O2S. The molecule has 3 rings (SSSR count). The Morgan fingerprint density at radius 3 is 2.73 bits per heavy atom. The fourth-order valence-corrected chi connectivity index (χ4v) is 3.25. The Bertz CT molecular complexity index is 986. The van der Waals surface area contributed by atoms with Crippen LogP contribution in [0.25, 0.3) is 22.0 Å². The standard InChI is InChI=1S/C17H22N6O2S/c1-12-8-15-16(9-14(12)13-4-7-19-10-13)21-11-22-17(15)20-5-2-3-6-23-26(18,24)25/h4,7-11,19,23H,2-3,5-6H2,1H3,(H2,18,24,25)(H,20,21,22). The minimum Gasteiger partial charge on any atom is -0.369 e. The predicted molar refractivity (Wildman–Crippen MR) is 103 cm³/mol. The second-order valence-electron chi connectivity index (χ2n) is 6.08. The van der Waals surface area contributed by atoms with Gasteiger partial charge in [0.15, 0.2) is 0 Å². The SMILES string of the molecule is Cc1cc2c(NCCCCNS(N)(=O)=O)ncnc2cc1-c1cc[nH]c1. The number of nitrogens with two attached hydrogens (primary N) is 1. The van der Waals surface area contributed by atoms with Gasteiger partial charge >= 0.3 is 0 Å². The lowest BCUT2D eigenvalue weighted by atomic mass is 10.0. The Morgan fingerprint density at radius 2 is 2.00 bits per heavy atom. The monoisotopic (exact) mass is 374 g/mol. The summed E-state index contributed by atoms with van der Waals surface area (Å²) in [6, 6.07) is 6.18. The van der Waals surface area contributed by atoms with Crippen molar-refractivity contribution in [2.45, 2.75) is 19.8 Å². The van der Waals surface area contributed by atoms with Crippen molar-refractivity contribution in [3.05, 3.63) is 42.5 Å². The van der Waals surface area contributed by atoms with E-state index in [1.807, 2.05) is 18.5 Å². The zero-order valence-corrected chi connectivity index (χ0v) is 15.3. The van der Waals surface area contributed by atoms with Crippen LogP contribution in [0.3, 0.4) is 0 Å². The van der Waals surface area contributed by atoms with E-state index >= 15 is 0 Å². The van der Waals surface area contributed by atoms with Gasteiger partial charge in [-0.25, -0.2) is 19.8 Å². The molecule has 2 heterocycles. The number of hydrogen-bond acceptors (Lipinski definition) is 5. The van der Waals surface area contributed by atoms with Gasteiger partial charge in [0.1, 0.15) is 12.1 Å². The van der Waals surface area contributed by atoms with Crippen molar-refractivity contribution in [2.24, 2.45) is 5.14 Å². The maximum Gasteiger partial charge on any atom is 0.274 e. The highest BCUT2D eigenvalue weighted by Gasteiger charge is 2.09. The highest BCUT2D eigenvalue weighted by molar-refractivity contribution is 7.87. The Labute approximate surface area is 152 Å². The lowest BCUT2D eigenvalue weighted by Gasteiger charge is -2.11. The molecule has 0 unspecified atom stereocenters. The van der Waals surface area contributed by atoms with Crippen LogP contribution in [0.15, 0.2) is 36.9 Å². The van der Waals surface area contributed by atoms with Crippen LogP contribution >= 0.6 is 0 Å². The first-order valence-corrected chi connectivity index (χ1v) is 9.88. The topological polar surface area (TPSA) is 126 Å². The Balaban J connectivity index is 1.69. The van der Waals surface area contributed by atoms with E-state index in [-0.39, 0.29) is 0 Å². The number of anilines is 1. The molecule has 0 radical (unpaired) electrons. The molecule has 26 heavy (non-hydrogen) atoms. The van der Waals surface area contributed by atoms with E-state index in [1.165, 1.54) is 0 Å². The van der Waals surface area contributed by atoms with Gasteiger partial charge in [0, 0.05) is 30.9 Å². The molecule has 5 N–H and O–H groups in total. The average molecular weight is 374 g/mol. The van der Waals surface area contributed by atoms with Crippen LogP contribution in [0.4, 0.5) is 5.82 Å². The predicted octanol–water partition coefficient (Wildman–Crippen LogP) is 1.92. The molecule has 2 aromatic heterocycles. The number of H-pyrrole nitrogens is 1. The van der Waals surface area contributed by atoms with Crippen LogP contribution in [-0.2, 0) is 10.2 Å². The van der Waals surface area contributed by atoms with Crippen LogP contribution in [0.5, 0.6) is 0 Å². The summed E-state index contributed by atoms with van der Waals surface area (Å²) < 4.78 is 23.9. The summed E-state index contributed by atoms with van der Waals surface area (Å²) in [4.78, 5) is 11.8. The summed E-state index contributed by atoms with van der Waals surface area (Å²) in [6.07, 6.45) is 6.88. The number of aryl methyl sites for hydroxylation is 1. The number of hydrogen-bond donors (Lipinski definition) is 4. The molecule has 0 aliphatic carbocycles. The number of benzene rings is 1. The summed E-state index contributed by atoms with van der Waals surface area (Å²) in [5, 5.41) is 9.16. The number of aromatic nitrogens is 3. The molecular weight excluding hydrogens is 352 g/mol. The lowest BCUT2D eigenvalue weighted by molar-refractivity contribution is 0.579. The molecule has 1 aromatic carbocycles. The molecule has 0 saturated heterocycles. The van der Waals surface area contributed by atoms with Crippen LogP contribution in [0.1, 0.15) is 18.4 Å². The fourth-order valence-electron chi connectivity index (χ4n) is 2.83. The van der Waals surface area contributed by atoms with Crippen molar-refractivity contribution in [1.29, 1.82) is 0 Å². The first-order valence-electron chi connectivity index (χ1n) is 8.34. The third-order valence-corrected chi connectivity index (χ3v) is 4.70. The van der Waals surface area contributed by atoms with E-state index in [1.54, 1.807) is 6.33 Å². The van der Waals surface area contributed by atoms with E-state index in [9.17, 15) is 8.42 Å². The first-order chi connectivity index (χ1) is 12.4. The van der Waals surface area contributed by atoms with Gasteiger partial charge in [-0.05, 0) is 54.7 Å². The van der Waals surface area contributed by atoms with E-state index in [4.69, 9.17) is 5.14 Å². The normalized spacial score (nSPS) is 11.8. The van der Waals surface area contributed by atoms with Crippen molar-refractivity contribution >= 4 is 26.9 Å². The first kappa shape index (κ1) is 18.3. The molecule has 9 heteroatoms. The zero-order chi connectivity index (χ0) is 18.6. The number of nitrogens with zero attached hydrogens (tertiary/aromatic N) is 2. The molecule has 0 saturated carbocycles. The van der Waals surface area contributed by atoms with Gasteiger partial charge in [-0.15, -0.1) is 0 Å². The van der Waals surface area contributed by atoms with E-state index in [0.29, 0.717) is 19.5 Å². The van der Waals surface area contributed by atoms with Crippen molar-refractivity contribution in [2.75, 3.05) is 18.4 Å². The number of fused-ring (bicyclic) bond motifs is 1. The fraction of sp³-hybridized carbons (Fsp3) is 0.294. The van der Waals surface area contributed by atoms with Crippen LogP contribution in [0, 0.1) is 6.92 Å². The number of rotatable bonds is 8. The van der Waals surface area contributed by atoms with Gasteiger partial charge in [-0.1, -0.05) is 0 Å². The molecule has 8 nitrogen and oxygen atoms in total. The van der Waals surface area contributed by atoms with Gasteiger partial charge in [0.2, 0.25) is 0 Å². The van der Waals surface area contributed by atoms with Gasteiger partial charge in [0.05, 0.1) is 5.52 Å². The summed E-state index contributed by atoms with van der Waals surface area (Å²) in [7, 11) is -3.61. The highest BCUT2D eigenvalue weighted by Crippen LogP contribution is 2.29. The van der Waals surface area contributed by atoms with Crippen molar-refractivity contribution in [1.82, 2.24) is 19.7 Å². The third-order valence-electron chi connectivity index (χ3n) is 4.09. The third kappa shape index (κ3) is 4.57. The highest BCUT2D eigenvalue weighted by atomic mass is 32.2. The molecule has 138 valence electrons. The van der Waals surface area contributed by atoms with Crippen LogP contribution in [-0.4, -0.2) is 36.5 Å². The molecule has 0 spiro atoms. The molecule has 3 aromatic rings. The van der Waals surface area contributed by atoms with Crippen LogP contribution < -0.4 is 15.2 Å². The van der Waals surface area contributed by atoms with Gasteiger partial charge in [-0.3, -0.25) is 0 Å². The largest absolute Gasteiger partial charge is 0.369 e. The van der Waals surface area contributed by atoms with Gasteiger partial charge in [-0.2, -0.15) is 8.42 Å². The Kier molecular flexibility index (Phi) is 5.50. The van der Waals surface area contributed by atoms with Gasteiger partial charge < -0.3 is 10.3 Å². The summed E-state index contributed by atoms with van der Waals surface area (Å²) in [6.45, 7) is 3.07. The minimum absolute atomic E-state index is 0.324. The average Bonchev–Trinajstić information content (AvgIpc) is 3.11. The maximum absolute atomic E-state index is 10.8. The Hall–Kier alpha value is -2.49. The maximum atomic E-state index is 10.8. The molecule has 0 atom stereocenters. The smallest absolute Gasteiger partial charge is 0.274 e. The summed E-state index contributed by atoms with van der Waals surface area (Å²) >= 11 is 0. The second-order valence-corrected chi connectivity index (χ2v) is 7.46. The molecule has 0 aliphatic rings. The molecule has 0 fully saturated rings. The van der Waals surface area contributed by atoms with E-state index < -0.39 is 10.2 Å². The molecule has 0 bridgehead atoms. The molecule has 0 amide bonds. The second kappa shape index (κ2) is 7.81. The zero-order valence-electron chi connectivity index (χ0n) is 14.5. The summed E-state index contributed by atoms with van der Waals surface area (Å²) in [5.41, 5.74) is 4.28. The summed E-state index contributed by atoms with van der Waals surface area (Å²) in [5.74, 6) is 0.776. The Morgan fingerprint density at radius 1 is 1.19 bits per heavy atom. The number of unbranched alkanes of at least 4 members (excludes halogenated alkanes) is 1. The number of aromatic amines is 1. The van der Waals surface area contributed by atoms with Crippen LogP contribution in [0.2, 0.25) is 0 Å². The van der Waals surface area contributed by atoms with E-state index in [2.05, 4.69) is 44.0 Å². The van der Waals surface area contributed by atoms with E-state index in [0.717, 1.165) is 39.8 Å². The van der Waals surface area contributed by atoms with Gasteiger partial charge in [0.25, 0.3) is 10.2 Å². The van der Waals surface area contributed by atoms with Crippen molar-refractivity contribution < 1.29 is 8.42 Å². The lowest BCUT2D eigenvalue weighted by Crippen LogP contribution is -2.31. The minimum atomic E-state index is -3.61.